The van der Waals surface area contributed by atoms with Crippen LogP contribution in [0.2, 0.25) is 0 Å². The van der Waals surface area contributed by atoms with E-state index < -0.39 is 0 Å². The number of hydrogen-bond donors (Lipinski definition) is 2. The van der Waals surface area contributed by atoms with Crippen molar-refractivity contribution in [2.45, 2.75) is 19.6 Å². The minimum absolute atomic E-state index is 0.663. The number of nitriles is 1. The number of halogens is 1. The van der Waals surface area contributed by atoms with E-state index in [0.717, 1.165) is 29.8 Å². The summed E-state index contributed by atoms with van der Waals surface area (Å²) in [5.41, 5.74) is 5.51. The van der Waals surface area contributed by atoms with Gasteiger partial charge in [0, 0.05) is 24.1 Å². The molecule has 3 nitrogen and oxygen atoms in total. The van der Waals surface area contributed by atoms with Crippen molar-refractivity contribution in [3.63, 3.8) is 0 Å². The zero-order valence-electron chi connectivity index (χ0n) is 10.9. The van der Waals surface area contributed by atoms with E-state index in [1.165, 1.54) is 16.7 Å². The fourth-order valence-corrected chi connectivity index (χ4v) is 2.78. The van der Waals surface area contributed by atoms with Crippen molar-refractivity contribution < 1.29 is 0 Å². The largest absolute Gasteiger partial charge is 0.380 e. The molecular weight excluding hydrogens is 314 g/mol. The SMILES string of the molecule is N#Cc1ccc(Br)cc1NCc1ccc2c(c1)CNC2. The van der Waals surface area contributed by atoms with Gasteiger partial charge in [-0.3, -0.25) is 0 Å². The first-order valence-corrected chi connectivity index (χ1v) is 7.30. The van der Waals surface area contributed by atoms with Gasteiger partial charge in [0.25, 0.3) is 0 Å². The van der Waals surface area contributed by atoms with Crippen molar-refractivity contribution in [3.05, 3.63) is 63.1 Å². The zero-order valence-corrected chi connectivity index (χ0v) is 12.5. The quantitative estimate of drug-likeness (QED) is 0.906. The minimum atomic E-state index is 0.663. The van der Waals surface area contributed by atoms with Crippen LogP contribution in [0.15, 0.2) is 40.9 Å². The maximum absolute atomic E-state index is 9.12. The second-order valence-corrected chi connectivity index (χ2v) is 5.78. The van der Waals surface area contributed by atoms with Crippen molar-refractivity contribution >= 4 is 21.6 Å². The smallest absolute Gasteiger partial charge is 0.101 e. The molecule has 1 aliphatic heterocycles. The molecule has 1 heterocycles. The molecule has 20 heavy (non-hydrogen) atoms. The molecule has 2 aromatic carbocycles. The maximum atomic E-state index is 9.12. The average Bonchev–Trinajstić information content (AvgIpc) is 2.92. The minimum Gasteiger partial charge on any atom is -0.380 e. The number of hydrogen-bond acceptors (Lipinski definition) is 3. The highest BCUT2D eigenvalue weighted by atomic mass is 79.9. The first-order valence-electron chi connectivity index (χ1n) is 6.51. The van der Waals surface area contributed by atoms with Gasteiger partial charge in [0.1, 0.15) is 6.07 Å². The van der Waals surface area contributed by atoms with Crippen molar-refractivity contribution in [1.82, 2.24) is 5.32 Å². The fraction of sp³-hybridized carbons (Fsp3) is 0.188. The molecule has 1 aliphatic rings. The van der Waals surface area contributed by atoms with Gasteiger partial charge in [-0.05, 0) is 34.9 Å². The number of benzene rings is 2. The van der Waals surface area contributed by atoms with Crippen LogP contribution in [-0.4, -0.2) is 0 Å². The summed E-state index contributed by atoms with van der Waals surface area (Å²) in [4.78, 5) is 0. The monoisotopic (exact) mass is 327 g/mol. The number of fused-ring (bicyclic) bond motifs is 1. The Bertz CT molecular complexity index is 689. The molecule has 4 heteroatoms. The lowest BCUT2D eigenvalue weighted by Gasteiger charge is -2.10. The van der Waals surface area contributed by atoms with Crippen LogP contribution in [0.1, 0.15) is 22.3 Å². The molecular formula is C16H14BrN3. The molecule has 3 rings (SSSR count). The van der Waals surface area contributed by atoms with E-state index >= 15 is 0 Å². The molecule has 0 bridgehead atoms. The summed E-state index contributed by atoms with van der Waals surface area (Å²) < 4.78 is 0.970. The van der Waals surface area contributed by atoms with Gasteiger partial charge in [-0.2, -0.15) is 5.26 Å². The lowest BCUT2D eigenvalue weighted by Crippen LogP contribution is -2.02. The van der Waals surface area contributed by atoms with Crippen molar-refractivity contribution in [1.29, 1.82) is 5.26 Å². The Kier molecular flexibility index (Phi) is 3.72. The Balaban J connectivity index is 1.77. The van der Waals surface area contributed by atoms with Gasteiger partial charge < -0.3 is 10.6 Å². The topological polar surface area (TPSA) is 47.9 Å². The first kappa shape index (κ1) is 13.2. The summed E-state index contributed by atoms with van der Waals surface area (Å²) in [7, 11) is 0. The molecule has 0 aromatic heterocycles. The molecule has 0 saturated heterocycles. The first-order chi connectivity index (χ1) is 9.76. The average molecular weight is 328 g/mol. The van der Waals surface area contributed by atoms with Gasteiger partial charge in [-0.15, -0.1) is 0 Å². The summed E-state index contributed by atoms with van der Waals surface area (Å²) in [5, 5.41) is 15.8. The maximum Gasteiger partial charge on any atom is 0.101 e. The van der Waals surface area contributed by atoms with Crippen LogP contribution in [0.5, 0.6) is 0 Å². The van der Waals surface area contributed by atoms with E-state index in [1.54, 1.807) is 0 Å². The van der Waals surface area contributed by atoms with Gasteiger partial charge in [0.05, 0.1) is 11.3 Å². The highest BCUT2D eigenvalue weighted by Gasteiger charge is 2.10. The third-order valence-electron chi connectivity index (χ3n) is 3.49. The lowest BCUT2D eigenvalue weighted by atomic mass is 10.1. The van der Waals surface area contributed by atoms with Crippen LogP contribution in [-0.2, 0) is 19.6 Å². The molecule has 0 unspecified atom stereocenters. The van der Waals surface area contributed by atoms with Crippen LogP contribution in [0.3, 0.4) is 0 Å². The third kappa shape index (κ3) is 2.69. The van der Waals surface area contributed by atoms with E-state index in [4.69, 9.17) is 5.26 Å². The third-order valence-corrected chi connectivity index (χ3v) is 3.98. The van der Waals surface area contributed by atoms with Crippen molar-refractivity contribution in [2.24, 2.45) is 0 Å². The molecule has 2 aromatic rings. The molecule has 0 atom stereocenters. The molecule has 0 radical (unpaired) electrons. The zero-order chi connectivity index (χ0) is 13.9. The standard InChI is InChI=1S/C16H14BrN3/c17-15-4-3-12(7-18)16(6-15)20-8-11-1-2-13-9-19-10-14(13)5-11/h1-6,19-20H,8-10H2. The van der Waals surface area contributed by atoms with Gasteiger partial charge in [0.2, 0.25) is 0 Å². The van der Waals surface area contributed by atoms with Crippen LogP contribution < -0.4 is 10.6 Å². The molecule has 0 saturated carbocycles. The van der Waals surface area contributed by atoms with Crippen LogP contribution >= 0.6 is 15.9 Å². The number of rotatable bonds is 3. The van der Waals surface area contributed by atoms with Gasteiger partial charge in [0.15, 0.2) is 0 Å². The van der Waals surface area contributed by atoms with E-state index in [-0.39, 0.29) is 0 Å². The summed E-state index contributed by atoms with van der Waals surface area (Å²) in [6, 6.07) is 14.4. The highest BCUT2D eigenvalue weighted by Crippen LogP contribution is 2.22. The molecule has 100 valence electrons. The van der Waals surface area contributed by atoms with Gasteiger partial charge in [-0.25, -0.2) is 0 Å². The molecule has 0 amide bonds. The molecule has 2 N–H and O–H groups in total. The number of anilines is 1. The molecule has 0 aliphatic carbocycles. The summed E-state index contributed by atoms with van der Waals surface area (Å²) in [5.74, 6) is 0. The Morgan fingerprint density at radius 3 is 2.85 bits per heavy atom. The predicted molar refractivity (Wildman–Crippen MR) is 83.2 cm³/mol. The van der Waals surface area contributed by atoms with Crippen molar-refractivity contribution in [2.75, 3.05) is 5.32 Å². The van der Waals surface area contributed by atoms with E-state index in [9.17, 15) is 0 Å². The van der Waals surface area contributed by atoms with Gasteiger partial charge >= 0.3 is 0 Å². The van der Waals surface area contributed by atoms with Crippen LogP contribution in [0.4, 0.5) is 5.69 Å². The normalized spacial score (nSPS) is 12.8. The van der Waals surface area contributed by atoms with E-state index in [0.29, 0.717) is 5.56 Å². The Hall–Kier alpha value is -1.83. The van der Waals surface area contributed by atoms with Crippen molar-refractivity contribution in [3.8, 4) is 6.07 Å². The predicted octanol–water partition coefficient (Wildman–Crippen LogP) is 3.54. The lowest BCUT2D eigenvalue weighted by molar-refractivity contribution is 0.764. The molecule has 0 spiro atoms. The van der Waals surface area contributed by atoms with Crippen LogP contribution in [0.25, 0.3) is 0 Å². The molecule has 0 fully saturated rings. The number of nitrogens with zero attached hydrogens (tertiary/aromatic N) is 1. The fourth-order valence-electron chi connectivity index (χ4n) is 2.42. The number of nitrogens with one attached hydrogen (secondary N) is 2. The van der Waals surface area contributed by atoms with Gasteiger partial charge in [-0.1, -0.05) is 34.1 Å². The Morgan fingerprint density at radius 1 is 1.15 bits per heavy atom. The van der Waals surface area contributed by atoms with E-state index in [1.807, 2.05) is 18.2 Å². The van der Waals surface area contributed by atoms with E-state index in [2.05, 4.69) is 50.8 Å². The highest BCUT2D eigenvalue weighted by molar-refractivity contribution is 9.10. The Morgan fingerprint density at radius 2 is 2.00 bits per heavy atom. The summed E-state index contributed by atoms with van der Waals surface area (Å²) in [6.45, 7) is 2.63. The second-order valence-electron chi connectivity index (χ2n) is 4.86. The second kappa shape index (κ2) is 5.66. The Labute approximate surface area is 126 Å². The summed E-state index contributed by atoms with van der Waals surface area (Å²) >= 11 is 3.43. The van der Waals surface area contributed by atoms with Crippen LogP contribution in [0, 0.1) is 11.3 Å². The summed E-state index contributed by atoms with van der Waals surface area (Å²) in [6.07, 6.45) is 0.